The molecular formula is C25H24F3N5O2. The summed E-state index contributed by atoms with van der Waals surface area (Å²) in [7, 11) is 1.90. The number of halogens is 3. The third-order valence-corrected chi connectivity index (χ3v) is 7.42. The number of anilines is 1. The average Bonchev–Trinajstić information content (AvgIpc) is 3.31. The zero-order valence-electron chi connectivity index (χ0n) is 19.3. The summed E-state index contributed by atoms with van der Waals surface area (Å²) in [5, 5.41) is 8.47. The molecule has 0 spiro atoms. The van der Waals surface area contributed by atoms with Gasteiger partial charge in [-0.25, -0.2) is 0 Å². The van der Waals surface area contributed by atoms with Crippen molar-refractivity contribution in [2.24, 2.45) is 7.05 Å². The number of hydrogen-bond acceptors (Lipinski definition) is 5. The lowest BCUT2D eigenvalue weighted by Crippen LogP contribution is -2.67. The molecule has 35 heavy (non-hydrogen) atoms. The number of aryl methyl sites for hydroxylation is 2. The Morgan fingerprint density at radius 3 is 2.54 bits per heavy atom. The van der Waals surface area contributed by atoms with Gasteiger partial charge in [0.25, 0.3) is 5.91 Å². The van der Waals surface area contributed by atoms with Crippen LogP contribution < -0.4 is 4.90 Å². The van der Waals surface area contributed by atoms with Crippen LogP contribution in [0, 0.1) is 6.92 Å². The average molecular weight is 483 g/mol. The fourth-order valence-electron chi connectivity index (χ4n) is 5.49. The fourth-order valence-corrected chi connectivity index (χ4v) is 5.49. The fraction of sp³-hybridized carbons (Fsp3) is 0.400. The van der Waals surface area contributed by atoms with Crippen molar-refractivity contribution in [1.29, 1.82) is 0 Å². The van der Waals surface area contributed by atoms with E-state index in [0.29, 0.717) is 30.5 Å². The molecule has 0 radical (unpaired) electrons. The molecule has 7 nitrogen and oxygen atoms in total. The summed E-state index contributed by atoms with van der Waals surface area (Å²) < 4.78 is 48.4. The van der Waals surface area contributed by atoms with Crippen LogP contribution in [0.4, 0.5) is 18.9 Å². The Morgan fingerprint density at radius 1 is 1.14 bits per heavy atom. The van der Waals surface area contributed by atoms with E-state index in [1.54, 1.807) is 25.4 Å². The summed E-state index contributed by atoms with van der Waals surface area (Å²) in [5.74, 6) is 0.401. The summed E-state index contributed by atoms with van der Waals surface area (Å²) in [5.41, 5.74) is 0.912. The lowest BCUT2D eigenvalue weighted by molar-refractivity contribution is -0.138. The Hall–Kier alpha value is -3.24. The van der Waals surface area contributed by atoms with Gasteiger partial charge in [-0.3, -0.25) is 9.69 Å². The van der Waals surface area contributed by atoms with Crippen molar-refractivity contribution in [2.45, 2.75) is 31.1 Å². The van der Waals surface area contributed by atoms with Crippen molar-refractivity contribution >= 4 is 11.6 Å². The monoisotopic (exact) mass is 483 g/mol. The molecule has 0 bridgehead atoms. The first-order valence-electron chi connectivity index (χ1n) is 11.5. The minimum Gasteiger partial charge on any atom is -0.378 e. The summed E-state index contributed by atoms with van der Waals surface area (Å²) in [6.45, 7) is 4.32. The molecule has 3 aliphatic heterocycles. The molecular weight excluding hydrogens is 459 g/mol. The summed E-state index contributed by atoms with van der Waals surface area (Å²) in [6.07, 6.45) is -2.86. The number of nitrogens with zero attached hydrogens (tertiary/aromatic N) is 5. The molecule has 3 aliphatic rings. The number of aromatic nitrogens is 3. The van der Waals surface area contributed by atoms with Gasteiger partial charge < -0.3 is 14.2 Å². The molecule has 1 aromatic heterocycles. The maximum absolute atomic E-state index is 13.7. The molecule has 3 aromatic rings. The van der Waals surface area contributed by atoms with Crippen LogP contribution in [-0.2, 0) is 29.9 Å². The largest absolute Gasteiger partial charge is 0.416 e. The number of carbonyl (C=O) groups is 1. The van der Waals surface area contributed by atoms with E-state index in [-0.39, 0.29) is 17.7 Å². The minimum absolute atomic E-state index is 0.0290. The molecule has 1 amide bonds. The standard InChI is InChI=1S/C25H24F3N5O2/c1-15-6-19-20(21(7-15)25(26,27)28)9-33(22(19)34)17-5-3-4-16(8-17)24(23-30-29-14-31(23)2)12-32(13-24)18-10-35-11-18/h3-8,14,18H,9-13H2,1-2H3. The summed E-state index contributed by atoms with van der Waals surface area (Å²) >= 11 is 0. The Kier molecular flexibility index (Phi) is 4.85. The van der Waals surface area contributed by atoms with Crippen LogP contribution in [0.1, 0.15) is 38.4 Å². The highest BCUT2D eigenvalue weighted by Gasteiger charge is 2.52. The number of fused-ring (bicyclic) bond motifs is 1. The Balaban J connectivity index is 1.37. The molecule has 0 atom stereocenters. The van der Waals surface area contributed by atoms with Crippen LogP contribution in [0.2, 0.25) is 0 Å². The summed E-state index contributed by atoms with van der Waals surface area (Å²) in [6, 6.07) is 10.6. The van der Waals surface area contributed by atoms with Crippen molar-refractivity contribution in [3.8, 4) is 0 Å². The molecule has 2 saturated heterocycles. The number of carbonyl (C=O) groups excluding carboxylic acids is 1. The van der Waals surface area contributed by atoms with Gasteiger partial charge in [-0.05, 0) is 47.9 Å². The van der Waals surface area contributed by atoms with Crippen molar-refractivity contribution in [1.82, 2.24) is 19.7 Å². The van der Waals surface area contributed by atoms with E-state index < -0.39 is 23.1 Å². The number of hydrogen-bond donors (Lipinski definition) is 0. The van der Waals surface area contributed by atoms with Gasteiger partial charge in [0.1, 0.15) is 12.2 Å². The topological polar surface area (TPSA) is 63.5 Å². The highest BCUT2D eigenvalue weighted by Crippen LogP contribution is 2.44. The number of rotatable bonds is 4. The minimum atomic E-state index is -4.52. The van der Waals surface area contributed by atoms with E-state index >= 15 is 0 Å². The van der Waals surface area contributed by atoms with Gasteiger partial charge in [-0.1, -0.05) is 12.1 Å². The van der Waals surface area contributed by atoms with Crippen LogP contribution >= 0.6 is 0 Å². The van der Waals surface area contributed by atoms with Crippen molar-refractivity contribution in [3.63, 3.8) is 0 Å². The van der Waals surface area contributed by atoms with E-state index in [9.17, 15) is 18.0 Å². The normalized spacial score (nSPS) is 20.0. The van der Waals surface area contributed by atoms with E-state index in [4.69, 9.17) is 4.74 Å². The maximum atomic E-state index is 13.7. The molecule has 0 N–H and O–H groups in total. The quantitative estimate of drug-likeness (QED) is 0.570. The van der Waals surface area contributed by atoms with E-state index in [0.717, 1.165) is 30.5 Å². The van der Waals surface area contributed by atoms with Crippen molar-refractivity contribution in [3.05, 3.63) is 76.4 Å². The molecule has 0 saturated carbocycles. The Morgan fingerprint density at radius 2 is 1.91 bits per heavy atom. The molecule has 182 valence electrons. The van der Waals surface area contributed by atoms with Gasteiger partial charge in [0.05, 0.1) is 36.8 Å². The van der Waals surface area contributed by atoms with Crippen LogP contribution in [0.25, 0.3) is 0 Å². The Labute approximate surface area is 200 Å². The van der Waals surface area contributed by atoms with Gasteiger partial charge >= 0.3 is 6.18 Å². The zero-order chi connectivity index (χ0) is 24.5. The number of benzene rings is 2. The molecule has 6 rings (SSSR count). The van der Waals surface area contributed by atoms with Gasteiger partial charge in [-0.15, -0.1) is 10.2 Å². The van der Waals surface area contributed by atoms with Gasteiger partial charge in [0, 0.05) is 31.4 Å². The van der Waals surface area contributed by atoms with Gasteiger partial charge in [0.2, 0.25) is 0 Å². The van der Waals surface area contributed by atoms with E-state index in [1.165, 1.54) is 4.90 Å². The lowest BCUT2D eigenvalue weighted by Gasteiger charge is -2.54. The van der Waals surface area contributed by atoms with Crippen LogP contribution in [0.3, 0.4) is 0 Å². The zero-order valence-corrected chi connectivity index (χ0v) is 19.3. The number of likely N-dealkylation sites (tertiary alicyclic amines) is 1. The Bertz CT molecular complexity index is 1320. The van der Waals surface area contributed by atoms with E-state index in [1.807, 2.05) is 29.8 Å². The lowest BCUT2D eigenvalue weighted by atomic mass is 9.71. The van der Waals surface area contributed by atoms with Crippen LogP contribution in [0.5, 0.6) is 0 Å². The van der Waals surface area contributed by atoms with Crippen molar-refractivity contribution in [2.75, 3.05) is 31.2 Å². The maximum Gasteiger partial charge on any atom is 0.416 e. The number of ether oxygens (including phenoxy) is 1. The third kappa shape index (κ3) is 3.38. The molecule has 2 fully saturated rings. The molecule has 4 heterocycles. The van der Waals surface area contributed by atoms with E-state index in [2.05, 4.69) is 15.1 Å². The number of amides is 1. The second-order valence-corrected chi connectivity index (χ2v) is 9.72. The first-order chi connectivity index (χ1) is 16.7. The molecule has 10 heteroatoms. The van der Waals surface area contributed by atoms with Gasteiger partial charge in [0.15, 0.2) is 0 Å². The summed E-state index contributed by atoms with van der Waals surface area (Å²) in [4.78, 5) is 17.0. The second-order valence-electron chi connectivity index (χ2n) is 9.72. The number of alkyl halides is 3. The second kappa shape index (κ2) is 7.63. The van der Waals surface area contributed by atoms with Crippen molar-refractivity contribution < 1.29 is 22.7 Å². The van der Waals surface area contributed by atoms with Gasteiger partial charge in [-0.2, -0.15) is 13.2 Å². The predicted octanol–water partition coefficient (Wildman–Crippen LogP) is 3.30. The van der Waals surface area contributed by atoms with Crippen LogP contribution in [-0.4, -0.2) is 57.9 Å². The SMILES string of the molecule is Cc1cc2c(c(C(F)(F)F)c1)CN(c1cccc(C3(c4nncn4C)CN(C4COC4)C3)c1)C2=O. The first kappa shape index (κ1) is 22.2. The molecule has 0 aliphatic carbocycles. The molecule has 2 aromatic carbocycles. The molecule has 0 unspecified atom stereocenters. The third-order valence-electron chi connectivity index (χ3n) is 7.42. The smallest absolute Gasteiger partial charge is 0.378 e. The van der Waals surface area contributed by atoms with Crippen LogP contribution in [0.15, 0.2) is 42.7 Å². The predicted molar refractivity (Wildman–Crippen MR) is 121 cm³/mol. The first-order valence-corrected chi connectivity index (χ1v) is 11.5. The highest BCUT2D eigenvalue weighted by molar-refractivity contribution is 6.10. The highest BCUT2D eigenvalue weighted by atomic mass is 19.4.